The molecular weight excluding hydrogens is 328 g/mol. The normalized spacial score (nSPS) is 16.4. The van der Waals surface area contributed by atoms with Crippen molar-refractivity contribution in [2.45, 2.75) is 32.7 Å². The average molecular weight is 363 g/mol. The number of aliphatic imine (C=N–C) groups is 1. The molecule has 6 nitrogen and oxygen atoms in total. The highest BCUT2D eigenvalue weighted by molar-refractivity contribution is 5.79. The topological polar surface area (TPSA) is 58.1 Å². The molecule has 1 heterocycles. The zero-order valence-corrected chi connectivity index (χ0v) is 16.7. The van der Waals surface area contributed by atoms with E-state index in [-0.39, 0.29) is 5.54 Å². The molecule has 0 saturated carbocycles. The fourth-order valence-electron chi connectivity index (χ4n) is 2.98. The van der Waals surface area contributed by atoms with Gasteiger partial charge in [-0.05, 0) is 38.8 Å². The van der Waals surface area contributed by atoms with Gasteiger partial charge in [-0.25, -0.2) is 0 Å². The highest BCUT2D eigenvalue weighted by Gasteiger charge is 2.28. The Morgan fingerprint density at radius 1 is 1.23 bits per heavy atom. The Kier molecular flexibility index (Phi) is 8.19. The summed E-state index contributed by atoms with van der Waals surface area (Å²) in [5.74, 6) is 1.80. The van der Waals surface area contributed by atoms with E-state index in [2.05, 4.69) is 47.4 Å². The third kappa shape index (κ3) is 6.50. The van der Waals surface area contributed by atoms with E-state index in [1.807, 2.05) is 18.2 Å². The molecule has 0 bridgehead atoms. The van der Waals surface area contributed by atoms with E-state index >= 15 is 0 Å². The number of rotatable bonds is 8. The second-order valence-corrected chi connectivity index (χ2v) is 7.23. The van der Waals surface area contributed by atoms with Crippen LogP contribution in [-0.4, -0.2) is 69.4 Å². The maximum atomic E-state index is 5.83. The number of morpholine rings is 1. The molecule has 1 aliphatic rings. The van der Waals surface area contributed by atoms with Gasteiger partial charge in [-0.1, -0.05) is 18.2 Å². The van der Waals surface area contributed by atoms with Gasteiger partial charge in [0.1, 0.15) is 5.75 Å². The van der Waals surface area contributed by atoms with E-state index in [4.69, 9.17) is 9.47 Å². The van der Waals surface area contributed by atoms with Crippen LogP contribution >= 0.6 is 0 Å². The highest BCUT2D eigenvalue weighted by Crippen LogP contribution is 2.16. The number of hydrogen-bond acceptors (Lipinski definition) is 4. The summed E-state index contributed by atoms with van der Waals surface area (Å²) in [6.45, 7) is 12.5. The van der Waals surface area contributed by atoms with Crippen molar-refractivity contribution in [1.29, 1.82) is 0 Å². The van der Waals surface area contributed by atoms with Crippen molar-refractivity contribution in [2.24, 2.45) is 4.99 Å². The van der Waals surface area contributed by atoms with Gasteiger partial charge in [-0.2, -0.15) is 0 Å². The Morgan fingerprint density at radius 2 is 1.96 bits per heavy atom. The fourth-order valence-corrected chi connectivity index (χ4v) is 2.98. The Labute approximate surface area is 158 Å². The van der Waals surface area contributed by atoms with Crippen molar-refractivity contribution >= 4 is 5.96 Å². The van der Waals surface area contributed by atoms with Crippen LogP contribution in [0.3, 0.4) is 0 Å². The van der Waals surface area contributed by atoms with Gasteiger partial charge in [0.05, 0.1) is 19.8 Å². The number of ether oxygens (including phenoxy) is 2. The van der Waals surface area contributed by atoms with Crippen molar-refractivity contribution in [2.75, 3.05) is 53.0 Å². The maximum absolute atomic E-state index is 5.83. The number of benzene rings is 1. The first-order valence-corrected chi connectivity index (χ1v) is 9.49. The summed E-state index contributed by atoms with van der Waals surface area (Å²) in [5.41, 5.74) is 1.23. The van der Waals surface area contributed by atoms with Crippen LogP contribution in [0.2, 0.25) is 0 Å². The van der Waals surface area contributed by atoms with E-state index in [9.17, 15) is 0 Å². The summed E-state index contributed by atoms with van der Waals surface area (Å²) < 4.78 is 11.3. The van der Waals surface area contributed by atoms with Crippen LogP contribution in [0.1, 0.15) is 25.8 Å². The Balaban J connectivity index is 1.65. The number of aryl methyl sites for hydroxylation is 1. The first-order chi connectivity index (χ1) is 12.5. The predicted molar refractivity (Wildman–Crippen MR) is 107 cm³/mol. The van der Waals surface area contributed by atoms with E-state index < -0.39 is 0 Å². The summed E-state index contributed by atoms with van der Waals surface area (Å²) in [7, 11) is 1.81. The zero-order valence-electron chi connectivity index (χ0n) is 16.7. The minimum absolute atomic E-state index is 0.0648. The van der Waals surface area contributed by atoms with Crippen LogP contribution in [-0.2, 0) is 4.74 Å². The number of hydrogen-bond donors (Lipinski definition) is 2. The van der Waals surface area contributed by atoms with Crippen molar-refractivity contribution in [1.82, 2.24) is 15.5 Å². The molecule has 0 aliphatic carbocycles. The number of nitrogens with one attached hydrogen (secondary N) is 2. The van der Waals surface area contributed by atoms with Crippen LogP contribution in [0, 0.1) is 6.92 Å². The molecule has 0 amide bonds. The summed E-state index contributed by atoms with van der Waals surface area (Å²) in [4.78, 5) is 6.78. The van der Waals surface area contributed by atoms with Gasteiger partial charge in [0, 0.05) is 38.8 Å². The van der Waals surface area contributed by atoms with Gasteiger partial charge >= 0.3 is 0 Å². The molecule has 0 unspecified atom stereocenters. The molecular formula is C20H34N4O2. The minimum Gasteiger partial charge on any atom is -0.493 e. The monoisotopic (exact) mass is 362 g/mol. The van der Waals surface area contributed by atoms with Gasteiger partial charge in [-0.15, -0.1) is 0 Å². The summed E-state index contributed by atoms with van der Waals surface area (Å²) >= 11 is 0. The van der Waals surface area contributed by atoms with Crippen molar-refractivity contribution < 1.29 is 9.47 Å². The van der Waals surface area contributed by atoms with Crippen molar-refractivity contribution in [3.63, 3.8) is 0 Å². The molecule has 1 aromatic rings. The standard InChI is InChI=1S/C20H34N4O2/c1-17-8-5-6-9-18(17)26-13-7-10-22-19(21-4)23-16-20(2,3)24-11-14-25-15-12-24/h5-6,8-9H,7,10-16H2,1-4H3,(H2,21,22,23). The molecule has 146 valence electrons. The first-order valence-electron chi connectivity index (χ1n) is 9.49. The van der Waals surface area contributed by atoms with Gasteiger partial charge in [0.15, 0.2) is 5.96 Å². The lowest BCUT2D eigenvalue weighted by molar-refractivity contribution is -0.00833. The lowest BCUT2D eigenvalue weighted by Gasteiger charge is -2.41. The molecule has 26 heavy (non-hydrogen) atoms. The van der Waals surface area contributed by atoms with Crippen LogP contribution in [0.25, 0.3) is 0 Å². The van der Waals surface area contributed by atoms with Gasteiger partial charge in [0.2, 0.25) is 0 Å². The van der Waals surface area contributed by atoms with Gasteiger partial charge in [0.25, 0.3) is 0 Å². The molecule has 1 fully saturated rings. The molecule has 0 atom stereocenters. The number of nitrogens with zero attached hydrogens (tertiary/aromatic N) is 2. The smallest absolute Gasteiger partial charge is 0.191 e. The Morgan fingerprint density at radius 3 is 2.65 bits per heavy atom. The van der Waals surface area contributed by atoms with Crippen LogP contribution < -0.4 is 15.4 Å². The van der Waals surface area contributed by atoms with Gasteiger partial charge < -0.3 is 20.1 Å². The average Bonchev–Trinajstić information content (AvgIpc) is 2.66. The third-order valence-electron chi connectivity index (χ3n) is 4.74. The first kappa shape index (κ1) is 20.5. The molecule has 1 aromatic carbocycles. The molecule has 2 rings (SSSR count). The largest absolute Gasteiger partial charge is 0.493 e. The van der Waals surface area contributed by atoms with E-state index in [0.29, 0.717) is 6.61 Å². The Hall–Kier alpha value is -1.79. The molecule has 0 aromatic heterocycles. The molecule has 1 aliphatic heterocycles. The summed E-state index contributed by atoms with van der Waals surface area (Å²) in [6.07, 6.45) is 0.919. The molecule has 2 N–H and O–H groups in total. The van der Waals surface area contributed by atoms with E-state index in [1.165, 1.54) is 5.56 Å². The summed E-state index contributed by atoms with van der Waals surface area (Å²) in [5, 5.41) is 6.80. The SMILES string of the molecule is CN=C(NCCCOc1ccccc1C)NCC(C)(C)N1CCOCC1. The van der Waals surface area contributed by atoms with E-state index in [0.717, 1.165) is 57.5 Å². The number of guanidine groups is 1. The lowest BCUT2D eigenvalue weighted by Crippen LogP contribution is -2.56. The quantitative estimate of drug-likeness (QED) is 0.421. The predicted octanol–water partition coefficient (Wildman–Crippen LogP) is 2.04. The second-order valence-electron chi connectivity index (χ2n) is 7.23. The fraction of sp³-hybridized carbons (Fsp3) is 0.650. The van der Waals surface area contributed by atoms with Crippen LogP contribution in [0.4, 0.5) is 0 Å². The molecule has 0 spiro atoms. The third-order valence-corrected chi connectivity index (χ3v) is 4.74. The van der Waals surface area contributed by atoms with Crippen molar-refractivity contribution in [3.05, 3.63) is 29.8 Å². The number of para-hydroxylation sites is 1. The summed E-state index contributed by atoms with van der Waals surface area (Å²) in [6, 6.07) is 8.10. The highest BCUT2D eigenvalue weighted by atomic mass is 16.5. The van der Waals surface area contributed by atoms with Crippen molar-refractivity contribution in [3.8, 4) is 5.75 Å². The van der Waals surface area contributed by atoms with E-state index in [1.54, 1.807) is 7.05 Å². The zero-order chi connectivity index (χ0) is 18.8. The molecule has 1 saturated heterocycles. The lowest BCUT2D eigenvalue weighted by atomic mass is 10.0. The Bertz CT molecular complexity index is 569. The van der Waals surface area contributed by atoms with Crippen LogP contribution in [0.15, 0.2) is 29.3 Å². The minimum atomic E-state index is 0.0648. The van der Waals surface area contributed by atoms with Crippen LogP contribution in [0.5, 0.6) is 5.75 Å². The molecule has 6 heteroatoms. The second kappa shape index (κ2) is 10.4. The van der Waals surface area contributed by atoms with Gasteiger partial charge in [-0.3, -0.25) is 9.89 Å². The molecule has 0 radical (unpaired) electrons. The maximum Gasteiger partial charge on any atom is 0.191 e.